The first-order chi connectivity index (χ1) is 10.1. The molecule has 0 radical (unpaired) electrons. The highest BCUT2D eigenvalue weighted by molar-refractivity contribution is 6.02. The lowest BCUT2D eigenvalue weighted by Crippen LogP contribution is -2.27. The Labute approximate surface area is 125 Å². The molecule has 0 heterocycles. The van der Waals surface area contributed by atoms with Gasteiger partial charge in [-0.15, -0.1) is 0 Å². The van der Waals surface area contributed by atoms with Gasteiger partial charge < -0.3 is 9.84 Å². The van der Waals surface area contributed by atoms with Gasteiger partial charge in [0.2, 0.25) is 0 Å². The molecule has 21 heavy (non-hydrogen) atoms. The number of carbonyl (C=O) groups excluding carboxylic acids is 1. The van der Waals surface area contributed by atoms with E-state index in [-0.39, 0.29) is 17.2 Å². The number of benzene rings is 1. The molecule has 114 valence electrons. The van der Waals surface area contributed by atoms with E-state index in [1.54, 1.807) is 12.1 Å². The van der Waals surface area contributed by atoms with Crippen LogP contribution >= 0.6 is 0 Å². The summed E-state index contributed by atoms with van der Waals surface area (Å²) in [6, 6.07) is 6.21. The minimum atomic E-state index is -1.10. The van der Waals surface area contributed by atoms with E-state index >= 15 is 0 Å². The molecule has 0 unspecified atom stereocenters. The Morgan fingerprint density at radius 2 is 1.67 bits per heavy atom. The fraction of sp³-hybridized carbons (Fsp3) is 0.529. The van der Waals surface area contributed by atoms with Crippen molar-refractivity contribution in [2.24, 2.45) is 5.92 Å². The van der Waals surface area contributed by atoms with Gasteiger partial charge in [-0.05, 0) is 37.3 Å². The molecule has 4 heteroatoms. The average Bonchev–Trinajstić information content (AvgIpc) is 2.46. The van der Waals surface area contributed by atoms with Crippen molar-refractivity contribution in [1.82, 2.24) is 0 Å². The van der Waals surface area contributed by atoms with Crippen LogP contribution < -0.4 is 0 Å². The normalized spacial score (nSPS) is 22.9. The number of carboxylic acid groups (broad SMARTS) is 1. The zero-order valence-corrected chi connectivity index (χ0v) is 12.4. The summed E-state index contributed by atoms with van der Waals surface area (Å²) in [7, 11) is 0. The molecule has 0 saturated heterocycles. The Balaban J connectivity index is 2.11. The highest BCUT2D eigenvalue weighted by atomic mass is 16.5. The molecule has 1 aliphatic carbocycles. The second-order valence-corrected chi connectivity index (χ2v) is 5.76. The predicted molar refractivity (Wildman–Crippen MR) is 79.5 cm³/mol. The summed E-state index contributed by atoms with van der Waals surface area (Å²) in [5, 5.41) is 9.15. The molecule has 0 spiro atoms. The lowest BCUT2D eigenvalue weighted by molar-refractivity contribution is 0.00927. The van der Waals surface area contributed by atoms with Crippen LogP contribution in [0.3, 0.4) is 0 Å². The van der Waals surface area contributed by atoms with E-state index in [4.69, 9.17) is 9.84 Å². The lowest BCUT2D eigenvalue weighted by atomic mass is 9.90. The Morgan fingerprint density at radius 1 is 1.05 bits per heavy atom. The highest BCUT2D eigenvalue weighted by Crippen LogP contribution is 2.26. The first kappa shape index (κ1) is 15.5. The van der Waals surface area contributed by atoms with Gasteiger partial charge in [-0.2, -0.15) is 0 Å². The van der Waals surface area contributed by atoms with Gasteiger partial charge >= 0.3 is 11.9 Å². The molecule has 0 aliphatic heterocycles. The SMILES string of the molecule is C[C@@H]1CCCCCC[C@@H]1OC(=O)c1ccccc1C(=O)O. The third-order valence-corrected chi connectivity index (χ3v) is 4.17. The standard InChI is InChI=1S/C17H22O4/c1-12-8-4-2-3-5-11-15(12)21-17(20)14-10-7-6-9-13(14)16(18)19/h6-7,9-10,12,15H,2-5,8,11H2,1H3,(H,18,19)/t12-,15+/m1/s1. The second-order valence-electron chi connectivity index (χ2n) is 5.76. The van der Waals surface area contributed by atoms with Crippen LogP contribution in [-0.4, -0.2) is 23.1 Å². The number of aromatic carboxylic acids is 1. The van der Waals surface area contributed by atoms with Crippen molar-refractivity contribution < 1.29 is 19.4 Å². The largest absolute Gasteiger partial charge is 0.478 e. The number of rotatable bonds is 3. The molecule has 2 atom stereocenters. The molecule has 2 rings (SSSR count). The Kier molecular flexibility index (Phi) is 5.37. The third-order valence-electron chi connectivity index (χ3n) is 4.17. The molecule has 0 aromatic heterocycles. The van der Waals surface area contributed by atoms with Crippen LogP contribution in [0, 0.1) is 5.92 Å². The molecule has 1 aliphatic rings. The molecular weight excluding hydrogens is 268 g/mol. The summed E-state index contributed by atoms with van der Waals surface area (Å²) in [5.41, 5.74) is 0.139. The first-order valence-corrected chi connectivity index (χ1v) is 7.63. The molecular formula is C17H22O4. The summed E-state index contributed by atoms with van der Waals surface area (Å²) in [5.74, 6) is -1.30. The van der Waals surface area contributed by atoms with Gasteiger partial charge in [0.15, 0.2) is 0 Å². The molecule has 1 fully saturated rings. The average molecular weight is 290 g/mol. The van der Waals surface area contributed by atoms with Crippen LogP contribution in [-0.2, 0) is 4.74 Å². The van der Waals surface area contributed by atoms with E-state index in [9.17, 15) is 9.59 Å². The fourth-order valence-corrected chi connectivity index (χ4v) is 2.86. The highest BCUT2D eigenvalue weighted by Gasteiger charge is 2.25. The van der Waals surface area contributed by atoms with Gasteiger partial charge in [-0.3, -0.25) is 0 Å². The zero-order valence-electron chi connectivity index (χ0n) is 12.4. The molecule has 1 aromatic carbocycles. The molecule has 1 saturated carbocycles. The maximum Gasteiger partial charge on any atom is 0.339 e. The van der Waals surface area contributed by atoms with E-state index in [1.165, 1.54) is 31.4 Å². The molecule has 0 bridgehead atoms. The van der Waals surface area contributed by atoms with Crippen LogP contribution in [0.15, 0.2) is 24.3 Å². The summed E-state index contributed by atoms with van der Waals surface area (Å²) in [4.78, 5) is 23.5. The minimum absolute atomic E-state index is 0.000923. The van der Waals surface area contributed by atoms with Gasteiger partial charge in [-0.1, -0.05) is 38.3 Å². The van der Waals surface area contributed by atoms with Crippen molar-refractivity contribution in [1.29, 1.82) is 0 Å². The van der Waals surface area contributed by atoms with Gasteiger partial charge in [0, 0.05) is 0 Å². The number of hydrogen-bond donors (Lipinski definition) is 1. The maximum absolute atomic E-state index is 12.3. The quantitative estimate of drug-likeness (QED) is 0.857. The lowest BCUT2D eigenvalue weighted by Gasteiger charge is -2.26. The number of esters is 1. The van der Waals surface area contributed by atoms with Gasteiger partial charge in [0.25, 0.3) is 0 Å². The number of carbonyl (C=O) groups is 2. The summed E-state index contributed by atoms with van der Waals surface area (Å²) in [6.45, 7) is 2.10. The van der Waals surface area contributed by atoms with Crippen molar-refractivity contribution in [2.75, 3.05) is 0 Å². The van der Waals surface area contributed by atoms with Crippen LogP contribution in [0.4, 0.5) is 0 Å². The van der Waals surface area contributed by atoms with E-state index in [0.29, 0.717) is 5.92 Å². The van der Waals surface area contributed by atoms with Crippen molar-refractivity contribution in [3.05, 3.63) is 35.4 Å². The van der Waals surface area contributed by atoms with E-state index in [1.807, 2.05) is 0 Å². The predicted octanol–water partition coefficient (Wildman–Crippen LogP) is 3.90. The van der Waals surface area contributed by atoms with Crippen LogP contribution in [0.2, 0.25) is 0 Å². The summed E-state index contributed by atoms with van der Waals surface area (Å²) in [6.07, 6.45) is 6.45. The van der Waals surface area contributed by atoms with E-state index < -0.39 is 11.9 Å². The molecule has 4 nitrogen and oxygen atoms in total. The topological polar surface area (TPSA) is 63.6 Å². The van der Waals surface area contributed by atoms with E-state index in [0.717, 1.165) is 19.3 Å². The molecule has 0 amide bonds. The van der Waals surface area contributed by atoms with Crippen molar-refractivity contribution >= 4 is 11.9 Å². The minimum Gasteiger partial charge on any atom is -0.478 e. The fourth-order valence-electron chi connectivity index (χ4n) is 2.86. The van der Waals surface area contributed by atoms with Crippen LogP contribution in [0.1, 0.15) is 66.2 Å². The molecule has 1 N–H and O–H groups in total. The Hall–Kier alpha value is -1.84. The van der Waals surface area contributed by atoms with Gasteiger partial charge in [-0.25, -0.2) is 9.59 Å². The summed E-state index contributed by atoms with van der Waals surface area (Å²) < 4.78 is 5.61. The first-order valence-electron chi connectivity index (χ1n) is 7.63. The van der Waals surface area contributed by atoms with Crippen molar-refractivity contribution in [2.45, 2.75) is 51.6 Å². The van der Waals surface area contributed by atoms with Crippen molar-refractivity contribution in [3.8, 4) is 0 Å². The van der Waals surface area contributed by atoms with Crippen molar-refractivity contribution in [3.63, 3.8) is 0 Å². The zero-order chi connectivity index (χ0) is 15.2. The van der Waals surface area contributed by atoms with E-state index in [2.05, 4.69) is 6.92 Å². The van der Waals surface area contributed by atoms with Gasteiger partial charge in [0.1, 0.15) is 6.10 Å². The van der Waals surface area contributed by atoms with Crippen LogP contribution in [0.25, 0.3) is 0 Å². The third kappa shape index (κ3) is 4.06. The van der Waals surface area contributed by atoms with Crippen LogP contribution in [0.5, 0.6) is 0 Å². The summed E-state index contributed by atoms with van der Waals surface area (Å²) >= 11 is 0. The number of hydrogen-bond acceptors (Lipinski definition) is 3. The Bertz CT molecular complexity index is 509. The number of carboxylic acids is 1. The van der Waals surface area contributed by atoms with Gasteiger partial charge in [0.05, 0.1) is 11.1 Å². The molecule has 1 aromatic rings. The smallest absolute Gasteiger partial charge is 0.339 e. The Morgan fingerprint density at radius 3 is 2.33 bits per heavy atom. The maximum atomic E-state index is 12.3. The number of ether oxygens (including phenoxy) is 1. The second kappa shape index (κ2) is 7.25. The monoisotopic (exact) mass is 290 g/mol.